The van der Waals surface area contributed by atoms with Crippen molar-refractivity contribution in [3.05, 3.63) is 54.1 Å². The molecule has 0 saturated carbocycles. The van der Waals surface area contributed by atoms with E-state index >= 15 is 0 Å². The summed E-state index contributed by atoms with van der Waals surface area (Å²) in [7, 11) is 0. The summed E-state index contributed by atoms with van der Waals surface area (Å²) in [6.07, 6.45) is 0.861. The molecule has 1 amide bonds. The summed E-state index contributed by atoms with van der Waals surface area (Å²) in [5.74, 6) is -0.228. The Hall–Kier alpha value is -2.29. The molecule has 98 valence electrons. The molecule has 0 aromatic heterocycles. The van der Waals surface area contributed by atoms with E-state index in [0.29, 0.717) is 12.1 Å². The van der Waals surface area contributed by atoms with E-state index < -0.39 is 0 Å². The van der Waals surface area contributed by atoms with E-state index in [4.69, 9.17) is 0 Å². The van der Waals surface area contributed by atoms with E-state index in [9.17, 15) is 9.90 Å². The first-order chi connectivity index (χ1) is 9.24. The van der Waals surface area contributed by atoms with Crippen LogP contribution in [-0.4, -0.2) is 17.6 Å². The van der Waals surface area contributed by atoms with Crippen LogP contribution in [0.25, 0.3) is 11.1 Å². The second-order valence-electron chi connectivity index (χ2n) is 4.32. The Kier molecular flexibility index (Phi) is 4.18. The van der Waals surface area contributed by atoms with Crippen molar-refractivity contribution in [2.45, 2.75) is 13.3 Å². The van der Waals surface area contributed by atoms with Crippen molar-refractivity contribution >= 4 is 5.91 Å². The number of carbonyl (C=O) groups excluding carboxylic acids is 1. The van der Waals surface area contributed by atoms with Crippen molar-refractivity contribution in [3.63, 3.8) is 0 Å². The van der Waals surface area contributed by atoms with Crippen molar-refractivity contribution in [2.75, 3.05) is 6.54 Å². The van der Waals surface area contributed by atoms with E-state index in [1.54, 1.807) is 6.07 Å². The Morgan fingerprint density at radius 1 is 1.11 bits per heavy atom. The molecular formula is C16H17NO2. The van der Waals surface area contributed by atoms with Crippen LogP contribution >= 0.6 is 0 Å². The lowest BCUT2D eigenvalue weighted by Crippen LogP contribution is -2.24. The van der Waals surface area contributed by atoms with Gasteiger partial charge in [0.05, 0.1) is 5.56 Å². The van der Waals surface area contributed by atoms with E-state index in [0.717, 1.165) is 17.5 Å². The highest BCUT2D eigenvalue weighted by molar-refractivity contribution is 6.03. The standard InChI is InChI=1S/C16H17NO2/c1-2-11-17-16(19)15-13(9-6-10-14(15)18)12-7-4-3-5-8-12/h3-10,18H,2,11H2,1H3,(H,17,19). The summed E-state index contributed by atoms with van der Waals surface area (Å²) < 4.78 is 0. The van der Waals surface area contributed by atoms with Crippen LogP contribution in [0.2, 0.25) is 0 Å². The molecule has 2 rings (SSSR count). The van der Waals surface area contributed by atoms with E-state index in [1.165, 1.54) is 6.07 Å². The van der Waals surface area contributed by atoms with Crippen LogP contribution in [0.1, 0.15) is 23.7 Å². The molecule has 2 N–H and O–H groups in total. The molecule has 0 saturated heterocycles. The minimum absolute atomic E-state index is 0.00922. The predicted molar refractivity (Wildman–Crippen MR) is 76.2 cm³/mol. The van der Waals surface area contributed by atoms with Gasteiger partial charge in [-0.3, -0.25) is 4.79 Å². The van der Waals surface area contributed by atoms with Crippen LogP contribution in [0.5, 0.6) is 5.75 Å². The average Bonchev–Trinajstić information content (AvgIpc) is 2.45. The largest absolute Gasteiger partial charge is 0.507 e. The molecule has 0 atom stereocenters. The molecule has 0 aliphatic rings. The Morgan fingerprint density at radius 3 is 2.53 bits per heavy atom. The minimum Gasteiger partial charge on any atom is -0.507 e. The van der Waals surface area contributed by atoms with E-state index in [-0.39, 0.29) is 11.7 Å². The first-order valence-electron chi connectivity index (χ1n) is 6.39. The number of phenolic OH excluding ortho intramolecular Hbond substituents is 1. The fourth-order valence-electron chi connectivity index (χ4n) is 1.96. The maximum Gasteiger partial charge on any atom is 0.255 e. The molecule has 2 aromatic carbocycles. The van der Waals surface area contributed by atoms with Crippen LogP contribution in [0.3, 0.4) is 0 Å². The molecule has 0 radical (unpaired) electrons. The van der Waals surface area contributed by atoms with Gasteiger partial charge in [-0.25, -0.2) is 0 Å². The number of benzene rings is 2. The maximum absolute atomic E-state index is 12.1. The van der Waals surface area contributed by atoms with Gasteiger partial charge in [-0.2, -0.15) is 0 Å². The van der Waals surface area contributed by atoms with Crippen molar-refractivity contribution < 1.29 is 9.90 Å². The van der Waals surface area contributed by atoms with Crippen LogP contribution in [0.4, 0.5) is 0 Å². The second-order valence-corrected chi connectivity index (χ2v) is 4.32. The van der Waals surface area contributed by atoms with Gasteiger partial charge in [-0.05, 0) is 23.6 Å². The molecule has 3 heteroatoms. The molecular weight excluding hydrogens is 238 g/mol. The van der Waals surface area contributed by atoms with Crippen molar-refractivity contribution in [1.29, 1.82) is 0 Å². The van der Waals surface area contributed by atoms with Crippen LogP contribution in [0, 0.1) is 0 Å². The highest BCUT2D eigenvalue weighted by Crippen LogP contribution is 2.29. The van der Waals surface area contributed by atoms with Crippen LogP contribution < -0.4 is 5.32 Å². The van der Waals surface area contributed by atoms with Crippen LogP contribution in [-0.2, 0) is 0 Å². The van der Waals surface area contributed by atoms with Gasteiger partial charge in [-0.1, -0.05) is 49.4 Å². The maximum atomic E-state index is 12.1. The second kappa shape index (κ2) is 6.05. The molecule has 0 bridgehead atoms. The monoisotopic (exact) mass is 255 g/mol. The molecule has 3 nitrogen and oxygen atoms in total. The van der Waals surface area contributed by atoms with Gasteiger partial charge < -0.3 is 10.4 Å². The summed E-state index contributed by atoms with van der Waals surface area (Å²) in [5, 5.41) is 12.8. The Labute approximate surface area is 112 Å². The van der Waals surface area contributed by atoms with Gasteiger partial charge in [0.25, 0.3) is 5.91 Å². The fraction of sp³-hybridized carbons (Fsp3) is 0.188. The van der Waals surface area contributed by atoms with E-state index in [1.807, 2.05) is 43.3 Å². The molecule has 0 aliphatic carbocycles. The quantitative estimate of drug-likeness (QED) is 0.881. The number of carbonyl (C=O) groups is 1. The lowest BCUT2D eigenvalue weighted by molar-refractivity contribution is 0.0951. The first-order valence-corrected chi connectivity index (χ1v) is 6.39. The van der Waals surface area contributed by atoms with Gasteiger partial charge in [-0.15, -0.1) is 0 Å². The number of nitrogens with one attached hydrogen (secondary N) is 1. The normalized spacial score (nSPS) is 10.2. The Morgan fingerprint density at radius 2 is 1.84 bits per heavy atom. The third-order valence-electron chi connectivity index (χ3n) is 2.89. The SMILES string of the molecule is CCCNC(=O)c1c(O)cccc1-c1ccccc1. The molecule has 0 fully saturated rings. The minimum atomic E-state index is -0.237. The summed E-state index contributed by atoms with van der Waals surface area (Å²) >= 11 is 0. The molecule has 0 spiro atoms. The number of hydrogen-bond acceptors (Lipinski definition) is 2. The van der Waals surface area contributed by atoms with Gasteiger partial charge in [0.1, 0.15) is 5.75 Å². The zero-order chi connectivity index (χ0) is 13.7. The molecule has 0 aliphatic heterocycles. The van der Waals surface area contributed by atoms with Crippen molar-refractivity contribution in [3.8, 4) is 16.9 Å². The molecule has 2 aromatic rings. The van der Waals surface area contributed by atoms with Gasteiger partial charge in [0.2, 0.25) is 0 Å². The molecule has 0 unspecified atom stereocenters. The Balaban J connectivity index is 2.45. The highest BCUT2D eigenvalue weighted by atomic mass is 16.3. The lowest BCUT2D eigenvalue weighted by atomic mass is 9.98. The number of hydrogen-bond donors (Lipinski definition) is 2. The third kappa shape index (κ3) is 2.94. The summed E-state index contributed by atoms with van der Waals surface area (Å²) in [6.45, 7) is 2.59. The topological polar surface area (TPSA) is 49.3 Å². The van der Waals surface area contributed by atoms with Gasteiger partial charge in [0.15, 0.2) is 0 Å². The number of aromatic hydroxyl groups is 1. The van der Waals surface area contributed by atoms with Crippen LogP contribution in [0.15, 0.2) is 48.5 Å². The summed E-state index contributed by atoms with van der Waals surface area (Å²) in [6, 6.07) is 14.7. The number of amides is 1. The van der Waals surface area contributed by atoms with Gasteiger partial charge in [0, 0.05) is 6.54 Å². The van der Waals surface area contributed by atoms with Crippen molar-refractivity contribution in [1.82, 2.24) is 5.32 Å². The molecule has 19 heavy (non-hydrogen) atoms. The molecule has 0 heterocycles. The Bertz CT molecular complexity index is 564. The number of rotatable bonds is 4. The zero-order valence-electron chi connectivity index (χ0n) is 10.9. The first kappa shape index (κ1) is 13.1. The average molecular weight is 255 g/mol. The van der Waals surface area contributed by atoms with E-state index in [2.05, 4.69) is 5.32 Å². The zero-order valence-corrected chi connectivity index (χ0v) is 10.9. The summed E-state index contributed by atoms with van der Waals surface area (Å²) in [5.41, 5.74) is 2.00. The predicted octanol–water partition coefficient (Wildman–Crippen LogP) is 3.20. The third-order valence-corrected chi connectivity index (χ3v) is 2.89. The lowest BCUT2D eigenvalue weighted by Gasteiger charge is -2.11. The number of phenols is 1. The summed E-state index contributed by atoms with van der Waals surface area (Å²) in [4.78, 5) is 12.1. The fourth-order valence-corrected chi connectivity index (χ4v) is 1.96. The van der Waals surface area contributed by atoms with Crippen molar-refractivity contribution in [2.24, 2.45) is 0 Å². The van der Waals surface area contributed by atoms with Gasteiger partial charge >= 0.3 is 0 Å². The highest BCUT2D eigenvalue weighted by Gasteiger charge is 2.16. The smallest absolute Gasteiger partial charge is 0.255 e.